The highest BCUT2D eigenvalue weighted by Crippen LogP contribution is 2.29. The summed E-state index contributed by atoms with van der Waals surface area (Å²) >= 11 is 0. The molecule has 0 aliphatic carbocycles. The maximum absolute atomic E-state index is 13.8. The van der Waals surface area contributed by atoms with Gasteiger partial charge in [-0.2, -0.15) is 0 Å². The molecule has 1 aliphatic rings. The predicted molar refractivity (Wildman–Crippen MR) is 89.3 cm³/mol. The summed E-state index contributed by atoms with van der Waals surface area (Å²) in [5.74, 6) is -0.329. The van der Waals surface area contributed by atoms with Gasteiger partial charge in [0, 0.05) is 19.2 Å². The number of nitrogens with one attached hydrogen (secondary N) is 1. The monoisotopic (exact) mass is 344 g/mol. The van der Waals surface area contributed by atoms with Gasteiger partial charge in [0.2, 0.25) is 0 Å². The number of carbonyl (C=O) groups is 2. The molecule has 2 amide bonds. The zero-order valence-corrected chi connectivity index (χ0v) is 13.8. The molecular formula is C18H17FN2O4. The van der Waals surface area contributed by atoms with Gasteiger partial charge in [-0.1, -0.05) is 6.07 Å². The molecule has 0 radical (unpaired) electrons. The second-order valence-corrected chi connectivity index (χ2v) is 5.68. The first kappa shape index (κ1) is 16.8. The molecular weight excluding hydrogens is 327 g/mol. The van der Waals surface area contributed by atoms with E-state index in [1.54, 1.807) is 31.3 Å². The summed E-state index contributed by atoms with van der Waals surface area (Å²) < 4.78 is 24.0. The maximum atomic E-state index is 13.8. The first-order chi connectivity index (χ1) is 12.0. The molecule has 130 valence electrons. The normalized spacial score (nSPS) is 12.7. The second-order valence-electron chi connectivity index (χ2n) is 5.68. The van der Waals surface area contributed by atoms with Gasteiger partial charge in [-0.3, -0.25) is 9.59 Å². The van der Waals surface area contributed by atoms with Crippen LogP contribution in [0.1, 0.15) is 15.9 Å². The van der Waals surface area contributed by atoms with E-state index in [-0.39, 0.29) is 30.7 Å². The van der Waals surface area contributed by atoms with Gasteiger partial charge in [0.1, 0.15) is 5.75 Å². The van der Waals surface area contributed by atoms with Gasteiger partial charge in [0.15, 0.2) is 18.2 Å². The summed E-state index contributed by atoms with van der Waals surface area (Å²) in [7, 11) is 3.03. The first-order valence-electron chi connectivity index (χ1n) is 7.62. The molecule has 0 saturated heterocycles. The zero-order valence-electron chi connectivity index (χ0n) is 13.8. The SMILES string of the molecule is COc1ccc(CN(C)C(=O)c2ccc3c(c2)OCC(=O)N3)cc1F. The number of amides is 2. The summed E-state index contributed by atoms with van der Waals surface area (Å²) in [4.78, 5) is 25.3. The summed E-state index contributed by atoms with van der Waals surface area (Å²) in [5.41, 5.74) is 1.61. The van der Waals surface area contributed by atoms with Gasteiger partial charge >= 0.3 is 0 Å². The Bertz CT molecular complexity index is 838. The molecule has 1 heterocycles. The average Bonchev–Trinajstić information content (AvgIpc) is 2.60. The predicted octanol–water partition coefficient (Wildman–Crippen LogP) is 2.44. The van der Waals surface area contributed by atoms with Crippen LogP contribution < -0.4 is 14.8 Å². The Morgan fingerprint density at radius 3 is 2.84 bits per heavy atom. The summed E-state index contributed by atoms with van der Waals surface area (Å²) in [6, 6.07) is 9.40. The quantitative estimate of drug-likeness (QED) is 0.925. The van der Waals surface area contributed by atoms with Crippen molar-refractivity contribution in [1.82, 2.24) is 4.90 Å². The van der Waals surface area contributed by atoms with E-state index in [9.17, 15) is 14.0 Å². The van der Waals surface area contributed by atoms with Crippen molar-refractivity contribution in [3.63, 3.8) is 0 Å². The Kier molecular flexibility index (Phi) is 4.56. The van der Waals surface area contributed by atoms with Crippen molar-refractivity contribution >= 4 is 17.5 Å². The van der Waals surface area contributed by atoms with Gasteiger partial charge in [-0.25, -0.2) is 4.39 Å². The molecule has 1 N–H and O–H groups in total. The van der Waals surface area contributed by atoms with Crippen molar-refractivity contribution in [2.45, 2.75) is 6.54 Å². The zero-order chi connectivity index (χ0) is 18.0. The Morgan fingerprint density at radius 2 is 2.12 bits per heavy atom. The van der Waals surface area contributed by atoms with Crippen molar-refractivity contribution in [3.05, 3.63) is 53.3 Å². The van der Waals surface area contributed by atoms with Crippen molar-refractivity contribution in [2.24, 2.45) is 0 Å². The van der Waals surface area contributed by atoms with Gasteiger partial charge in [0.05, 0.1) is 12.8 Å². The largest absolute Gasteiger partial charge is 0.494 e. The van der Waals surface area contributed by atoms with Gasteiger partial charge in [0.25, 0.3) is 11.8 Å². The second kappa shape index (κ2) is 6.80. The van der Waals surface area contributed by atoms with Crippen LogP contribution in [0.5, 0.6) is 11.5 Å². The Hall–Kier alpha value is -3.09. The highest BCUT2D eigenvalue weighted by molar-refractivity contribution is 5.98. The standard InChI is InChI=1S/C18H17FN2O4/c1-21(9-11-3-6-15(24-2)13(19)7-11)18(23)12-4-5-14-16(8-12)25-10-17(22)20-14/h3-8H,9-10H2,1-2H3,(H,20,22). The molecule has 25 heavy (non-hydrogen) atoms. The van der Waals surface area contributed by atoms with Gasteiger partial charge < -0.3 is 19.7 Å². The fourth-order valence-corrected chi connectivity index (χ4v) is 2.58. The molecule has 1 aliphatic heterocycles. The molecule has 3 rings (SSSR count). The lowest BCUT2D eigenvalue weighted by Crippen LogP contribution is -2.28. The molecule has 6 nitrogen and oxygen atoms in total. The molecule has 2 aromatic rings. The molecule has 0 bridgehead atoms. The van der Waals surface area contributed by atoms with Crippen LogP contribution in [0.3, 0.4) is 0 Å². The van der Waals surface area contributed by atoms with Gasteiger partial charge in [-0.05, 0) is 35.9 Å². The number of hydrogen-bond donors (Lipinski definition) is 1. The van der Waals surface area contributed by atoms with Crippen molar-refractivity contribution in [2.75, 3.05) is 26.1 Å². The van der Waals surface area contributed by atoms with Crippen LogP contribution in [-0.2, 0) is 11.3 Å². The Morgan fingerprint density at radius 1 is 1.32 bits per heavy atom. The summed E-state index contributed by atoms with van der Waals surface area (Å²) in [6.45, 7) is 0.167. The van der Waals surface area contributed by atoms with Crippen LogP contribution in [0.15, 0.2) is 36.4 Å². The minimum atomic E-state index is -0.473. The Labute approximate surface area is 144 Å². The van der Waals surface area contributed by atoms with E-state index in [1.807, 2.05) is 0 Å². The summed E-state index contributed by atoms with van der Waals surface area (Å²) in [6.07, 6.45) is 0. The fourth-order valence-electron chi connectivity index (χ4n) is 2.58. The number of rotatable bonds is 4. The minimum Gasteiger partial charge on any atom is -0.494 e. The fraction of sp³-hybridized carbons (Fsp3) is 0.222. The van der Waals surface area contributed by atoms with E-state index in [4.69, 9.17) is 9.47 Å². The number of hydrogen-bond acceptors (Lipinski definition) is 4. The van der Waals surface area contributed by atoms with Gasteiger partial charge in [-0.15, -0.1) is 0 Å². The van der Waals surface area contributed by atoms with Crippen molar-refractivity contribution < 1.29 is 23.5 Å². The van der Waals surface area contributed by atoms with E-state index in [1.165, 1.54) is 24.1 Å². The van der Waals surface area contributed by atoms with Crippen LogP contribution >= 0.6 is 0 Å². The smallest absolute Gasteiger partial charge is 0.262 e. The van der Waals surface area contributed by atoms with Crippen LogP contribution in [-0.4, -0.2) is 37.5 Å². The highest BCUT2D eigenvalue weighted by Gasteiger charge is 2.19. The lowest BCUT2D eigenvalue weighted by atomic mass is 10.1. The topological polar surface area (TPSA) is 67.9 Å². The third-order valence-corrected chi connectivity index (χ3v) is 3.84. The molecule has 2 aromatic carbocycles. The first-order valence-corrected chi connectivity index (χ1v) is 7.62. The number of anilines is 1. The third kappa shape index (κ3) is 3.55. The number of benzene rings is 2. The lowest BCUT2D eigenvalue weighted by Gasteiger charge is -2.21. The molecule has 0 spiro atoms. The van der Waals surface area contributed by atoms with E-state index in [2.05, 4.69) is 5.32 Å². The average molecular weight is 344 g/mol. The van der Waals surface area contributed by atoms with E-state index < -0.39 is 5.82 Å². The molecule has 0 unspecified atom stereocenters. The number of carbonyl (C=O) groups excluding carboxylic acids is 2. The maximum Gasteiger partial charge on any atom is 0.262 e. The van der Waals surface area contributed by atoms with E-state index in [0.717, 1.165) is 0 Å². The minimum absolute atomic E-state index is 0.0778. The van der Waals surface area contributed by atoms with Crippen molar-refractivity contribution in [3.8, 4) is 11.5 Å². The molecule has 0 saturated carbocycles. The molecule has 0 atom stereocenters. The number of halogens is 1. The number of methoxy groups -OCH3 is 1. The van der Waals surface area contributed by atoms with E-state index >= 15 is 0 Å². The number of nitrogens with zero attached hydrogens (tertiary/aromatic N) is 1. The van der Waals surface area contributed by atoms with Crippen LogP contribution in [0.2, 0.25) is 0 Å². The van der Waals surface area contributed by atoms with Crippen LogP contribution in [0, 0.1) is 5.82 Å². The molecule has 7 heteroatoms. The molecule has 0 aromatic heterocycles. The van der Waals surface area contributed by atoms with Crippen LogP contribution in [0.25, 0.3) is 0 Å². The third-order valence-electron chi connectivity index (χ3n) is 3.84. The summed E-state index contributed by atoms with van der Waals surface area (Å²) in [5, 5.41) is 2.67. The Balaban J connectivity index is 1.74. The lowest BCUT2D eigenvalue weighted by molar-refractivity contribution is -0.118. The molecule has 0 fully saturated rings. The van der Waals surface area contributed by atoms with Crippen LogP contribution in [0.4, 0.5) is 10.1 Å². The highest BCUT2D eigenvalue weighted by atomic mass is 19.1. The van der Waals surface area contributed by atoms with Crippen molar-refractivity contribution in [1.29, 1.82) is 0 Å². The van der Waals surface area contributed by atoms with E-state index in [0.29, 0.717) is 22.6 Å². The number of fused-ring (bicyclic) bond motifs is 1. The number of ether oxygens (including phenoxy) is 2.